The smallest absolute Gasteiger partial charge is 0.323 e. The second-order valence-electron chi connectivity index (χ2n) is 4.32. The fraction of sp³-hybridized carbons (Fsp3) is 0.750. The summed E-state index contributed by atoms with van der Waals surface area (Å²) in [5, 5.41) is 4.50. The van der Waals surface area contributed by atoms with Crippen LogP contribution in [0.3, 0.4) is 0 Å². The van der Waals surface area contributed by atoms with Crippen LogP contribution in [0.15, 0.2) is 0 Å². The highest BCUT2D eigenvalue weighted by Gasteiger charge is 2.31. The van der Waals surface area contributed by atoms with Gasteiger partial charge in [0.2, 0.25) is 5.91 Å². The summed E-state index contributed by atoms with van der Waals surface area (Å²) >= 11 is 0. The first-order valence-corrected chi connectivity index (χ1v) is 6.50. The normalized spacial score (nSPS) is 18.9. The predicted octanol–water partition coefficient (Wildman–Crippen LogP) is -0.140. The van der Waals surface area contributed by atoms with Crippen LogP contribution < -0.4 is 10.6 Å². The third kappa shape index (κ3) is 4.86. The molecule has 1 atom stereocenters. The van der Waals surface area contributed by atoms with E-state index in [0.717, 1.165) is 19.4 Å². The molecule has 0 saturated carbocycles. The number of imide groups is 1. The average molecular weight is 271 g/mol. The standard InChI is InChI=1S/C12H21N3O4/c1-3-19-11(17)9-5-4-7-15(9)8-6-10(16)14-12(18)13-2/h9H,3-8H2,1-2H3,(H2,13,14,16,18). The van der Waals surface area contributed by atoms with E-state index in [1.165, 1.54) is 7.05 Å². The lowest BCUT2D eigenvalue weighted by molar-refractivity contribution is -0.148. The van der Waals surface area contributed by atoms with Crippen LogP contribution in [-0.4, -0.2) is 55.6 Å². The Hall–Kier alpha value is -1.63. The third-order valence-corrected chi connectivity index (χ3v) is 3.03. The van der Waals surface area contributed by atoms with Gasteiger partial charge < -0.3 is 10.1 Å². The summed E-state index contributed by atoms with van der Waals surface area (Å²) in [7, 11) is 1.44. The molecule has 0 bridgehead atoms. The number of amides is 3. The molecule has 7 nitrogen and oxygen atoms in total. The second kappa shape index (κ2) is 7.73. The van der Waals surface area contributed by atoms with E-state index < -0.39 is 6.03 Å². The fourth-order valence-corrected chi connectivity index (χ4v) is 2.10. The van der Waals surface area contributed by atoms with E-state index in [2.05, 4.69) is 10.6 Å². The van der Waals surface area contributed by atoms with Gasteiger partial charge in [-0.25, -0.2) is 4.79 Å². The summed E-state index contributed by atoms with van der Waals surface area (Å²) in [6.45, 7) is 3.36. The van der Waals surface area contributed by atoms with Gasteiger partial charge in [0.15, 0.2) is 0 Å². The summed E-state index contributed by atoms with van der Waals surface area (Å²) in [6.07, 6.45) is 1.86. The van der Waals surface area contributed by atoms with Crippen molar-refractivity contribution in [3.8, 4) is 0 Å². The molecule has 0 aromatic rings. The van der Waals surface area contributed by atoms with Gasteiger partial charge in [-0.15, -0.1) is 0 Å². The summed E-state index contributed by atoms with van der Waals surface area (Å²) in [5.74, 6) is -0.583. The Morgan fingerprint density at radius 2 is 2.11 bits per heavy atom. The van der Waals surface area contributed by atoms with Crippen molar-refractivity contribution < 1.29 is 19.1 Å². The summed E-state index contributed by atoms with van der Waals surface area (Å²) in [6, 6.07) is -0.777. The Balaban J connectivity index is 2.37. The number of esters is 1. The van der Waals surface area contributed by atoms with E-state index >= 15 is 0 Å². The number of rotatable bonds is 5. The number of hydrogen-bond acceptors (Lipinski definition) is 5. The van der Waals surface area contributed by atoms with Crippen LogP contribution in [0.25, 0.3) is 0 Å². The van der Waals surface area contributed by atoms with Crippen LogP contribution in [0.2, 0.25) is 0 Å². The SMILES string of the molecule is CCOC(=O)C1CCCN1CCC(=O)NC(=O)NC. The molecule has 1 fully saturated rings. The van der Waals surface area contributed by atoms with E-state index in [0.29, 0.717) is 13.2 Å². The molecule has 108 valence electrons. The zero-order valence-electron chi connectivity index (χ0n) is 11.4. The number of likely N-dealkylation sites (tertiary alicyclic amines) is 1. The summed E-state index contributed by atoms with van der Waals surface area (Å²) < 4.78 is 5.00. The number of carbonyl (C=O) groups is 3. The van der Waals surface area contributed by atoms with Gasteiger partial charge in [-0.1, -0.05) is 0 Å². The largest absolute Gasteiger partial charge is 0.465 e. The summed E-state index contributed by atoms with van der Waals surface area (Å²) in [4.78, 5) is 36.0. The molecule has 1 heterocycles. The summed E-state index contributed by atoms with van der Waals surface area (Å²) in [5.41, 5.74) is 0. The molecule has 19 heavy (non-hydrogen) atoms. The van der Waals surface area contributed by atoms with Gasteiger partial charge >= 0.3 is 12.0 Å². The highest BCUT2D eigenvalue weighted by atomic mass is 16.5. The molecule has 2 N–H and O–H groups in total. The zero-order chi connectivity index (χ0) is 14.3. The first-order chi connectivity index (χ1) is 9.08. The van der Waals surface area contributed by atoms with Crippen molar-refractivity contribution in [1.29, 1.82) is 0 Å². The number of urea groups is 1. The maximum absolute atomic E-state index is 11.7. The van der Waals surface area contributed by atoms with Gasteiger partial charge in [-0.2, -0.15) is 0 Å². The van der Waals surface area contributed by atoms with E-state index in [-0.39, 0.29) is 24.3 Å². The van der Waals surface area contributed by atoms with Crippen LogP contribution in [0.5, 0.6) is 0 Å². The van der Waals surface area contributed by atoms with Crippen molar-refractivity contribution >= 4 is 17.9 Å². The van der Waals surface area contributed by atoms with Gasteiger partial charge in [0.25, 0.3) is 0 Å². The maximum Gasteiger partial charge on any atom is 0.323 e. The molecule has 0 aliphatic carbocycles. The molecular formula is C12H21N3O4. The Kier molecular flexibility index (Phi) is 6.27. The monoisotopic (exact) mass is 271 g/mol. The molecular weight excluding hydrogens is 250 g/mol. The minimum atomic E-state index is -0.520. The van der Waals surface area contributed by atoms with Crippen molar-refractivity contribution in [1.82, 2.24) is 15.5 Å². The van der Waals surface area contributed by atoms with Crippen LogP contribution in [0.4, 0.5) is 4.79 Å². The minimum absolute atomic E-state index is 0.184. The van der Waals surface area contributed by atoms with Gasteiger partial charge in [0.1, 0.15) is 6.04 Å². The molecule has 1 rings (SSSR count). The van der Waals surface area contributed by atoms with Crippen molar-refractivity contribution in [3.63, 3.8) is 0 Å². The fourth-order valence-electron chi connectivity index (χ4n) is 2.10. The second-order valence-corrected chi connectivity index (χ2v) is 4.32. The lowest BCUT2D eigenvalue weighted by Gasteiger charge is -2.22. The molecule has 0 aromatic heterocycles. The van der Waals surface area contributed by atoms with Gasteiger partial charge in [0, 0.05) is 20.0 Å². The van der Waals surface area contributed by atoms with Crippen LogP contribution in [0, 0.1) is 0 Å². The maximum atomic E-state index is 11.7. The Bertz CT molecular complexity index is 346. The Morgan fingerprint density at radius 1 is 1.37 bits per heavy atom. The first-order valence-electron chi connectivity index (χ1n) is 6.50. The van der Waals surface area contributed by atoms with E-state index in [9.17, 15) is 14.4 Å². The van der Waals surface area contributed by atoms with Gasteiger partial charge in [-0.3, -0.25) is 19.8 Å². The number of carbonyl (C=O) groups excluding carboxylic acids is 3. The topological polar surface area (TPSA) is 87.7 Å². The molecule has 3 amide bonds. The molecule has 0 radical (unpaired) electrons. The Morgan fingerprint density at radius 3 is 2.74 bits per heavy atom. The molecule has 1 saturated heterocycles. The number of nitrogens with zero attached hydrogens (tertiary/aromatic N) is 1. The Labute approximate surface area is 112 Å². The lowest BCUT2D eigenvalue weighted by Crippen LogP contribution is -2.42. The molecule has 1 aliphatic rings. The minimum Gasteiger partial charge on any atom is -0.465 e. The van der Waals surface area contributed by atoms with Crippen molar-refractivity contribution in [2.75, 3.05) is 26.7 Å². The lowest BCUT2D eigenvalue weighted by atomic mass is 10.2. The number of ether oxygens (including phenoxy) is 1. The number of hydrogen-bond donors (Lipinski definition) is 2. The quantitative estimate of drug-likeness (QED) is 0.680. The van der Waals surface area contributed by atoms with E-state index in [1.54, 1.807) is 6.92 Å². The van der Waals surface area contributed by atoms with Gasteiger partial charge in [-0.05, 0) is 26.3 Å². The van der Waals surface area contributed by atoms with E-state index in [1.807, 2.05) is 4.90 Å². The third-order valence-electron chi connectivity index (χ3n) is 3.03. The van der Waals surface area contributed by atoms with Crippen LogP contribution in [-0.2, 0) is 14.3 Å². The molecule has 0 spiro atoms. The first kappa shape index (κ1) is 15.4. The zero-order valence-corrected chi connectivity index (χ0v) is 11.4. The van der Waals surface area contributed by atoms with Crippen LogP contribution in [0.1, 0.15) is 26.2 Å². The van der Waals surface area contributed by atoms with Crippen LogP contribution >= 0.6 is 0 Å². The predicted molar refractivity (Wildman–Crippen MR) is 68.4 cm³/mol. The number of nitrogens with one attached hydrogen (secondary N) is 2. The molecule has 1 unspecified atom stereocenters. The van der Waals surface area contributed by atoms with Crippen molar-refractivity contribution in [3.05, 3.63) is 0 Å². The highest BCUT2D eigenvalue weighted by Crippen LogP contribution is 2.18. The van der Waals surface area contributed by atoms with E-state index in [4.69, 9.17) is 4.74 Å². The molecule has 0 aromatic carbocycles. The van der Waals surface area contributed by atoms with Crippen molar-refractivity contribution in [2.24, 2.45) is 0 Å². The highest BCUT2D eigenvalue weighted by molar-refractivity contribution is 5.94. The molecule has 7 heteroatoms. The average Bonchev–Trinajstić information content (AvgIpc) is 2.84. The molecule has 1 aliphatic heterocycles. The van der Waals surface area contributed by atoms with Gasteiger partial charge in [0.05, 0.1) is 6.61 Å². The van der Waals surface area contributed by atoms with Crippen molar-refractivity contribution in [2.45, 2.75) is 32.2 Å².